The molecular formula is C25H25N3O2S. The zero-order chi connectivity index (χ0) is 21.4. The maximum atomic E-state index is 13.3. The van der Waals surface area contributed by atoms with Crippen molar-refractivity contribution in [2.45, 2.75) is 29.8 Å². The molecule has 3 unspecified atom stereocenters. The number of hydrogen-bond acceptors (Lipinski definition) is 4. The van der Waals surface area contributed by atoms with Crippen molar-refractivity contribution < 1.29 is 8.42 Å². The van der Waals surface area contributed by atoms with E-state index in [1.807, 2.05) is 54.7 Å². The Morgan fingerprint density at radius 3 is 2.71 bits per heavy atom. The van der Waals surface area contributed by atoms with Gasteiger partial charge in [0.05, 0.1) is 10.9 Å². The lowest BCUT2D eigenvalue weighted by Crippen LogP contribution is -2.30. The Balaban J connectivity index is 1.47. The molecule has 0 bridgehead atoms. The van der Waals surface area contributed by atoms with E-state index in [1.54, 1.807) is 19.3 Å². The predicted octanol–water partition coefficient (Wildman–Crippen LogP) is 4.73. The molecule has 31 heavy (non-hydrogen) atoms. The van der Waals surface area contributed by atoms with E-state index < -0.39 is 10.0 Å². The van der Waals surface area contributed by atoms with Crippen molar-refractivity contribution in [2.75, 3.05) is 12.4 Å². The number of hydrogen-bond donors (Lipinski definition) is 1. The quantitative estimate of drug-likeness (QED) is 0.594. The van der Waals surface area contributed by atoms with Crippen LogP contribution in [0.15, 0.2) is 90.1 Å². The number of pyridine rings is 1. The molecule has 3 aromatic rings. The molecule has 1 aliphatic carbocycles. The third kappa shape index (κ3) is 3.66. The van der Waals surface area contributed by atoms with Crippen LogP contribution in [0.5, 0.6) is 0 Å². The van der Waals surface area contributed by atoms with Gasteiger partial charge in [-0.2, -0.15) is 4.31 Å². The van der Waals surface area contributed by atoms with E-state index in [2.05, 4.69) is 28.5 Å². The van der Waals surface area contributed by atoms with Gasteiger partial charge in [0, 0.05) is 37.6 Å². The number of allylic oxidation sites excluding steroid dienone is 2. The van der Waals surface area contributed by atoms with Crippen LogP contribution in [0.2, 0.25) is 0 Å². The Hall–Kier alpha value is -2.96. The topological polar surface area (TPSA) is 62.3 Å². The molecule has 0 saturated heterocycles. The van der Waals surface area contributed by atoms with Crippen LogP contribution < -0.4 is 5.32 Å². The summed E-state index contributed by atoms with van der Waals surface area (Å²) in [5, 5.41) is 3.64. The number of nitrogens with one attached hydrogen (secondary N) is 1. The molecule has 2 aliphatic rings. The molecule has 0 radical (unpaired) electrons. The molecule has 5 nitrogen and oxygen atoms in total. The number of rotatable bonds is 5. The summed E-state index contributed by atoms with van der Waals surface area (Å²) in [7, 11) is -1.96. The summed E-state index contributed by atoms with van der Waals surface area (Å²) >= 11 is 0. The summed E-state index contributed by atoms with van der Waals surface area (Å²) in [6.07, 6.45) is 9.08. The average Bonchev–Trinajstić information content (AvgIpc) is 3.30. The van der Waals surface area contributed by atoms with Gasteiger partial charge in [0.25, 0.3) is 0 Å². The average molecular weight is 432 g/mol. The lowest BCUT2D eigenvalue weighted by Gasteiger charge is -2.37. The molecule has 6 heteroatoms. The van der Waals surface area contributed by atoms with Gasteiger partial charge < -0.3 is 5.32 Å². The molecule has 2 heterocycles. The van der Waals surface area contributed by atoms with E-state index in [1.165, 1.54) is 4.31 Å². The van der Waals surface area contributed by atoms with E-state index in [4.69, 9.17) is 0 Å². The Bertz CT molecular complexity index is 1210. The number of nitrogens with zero attached hydrogens (tertiary/aromatic N) is 2. The standard InChI is InChI=1S/C25H25N3O2S/c1-28(17-18-7-3-2-4-8-18)31(29,30)20-12-13-24-23(15-20)21-10-5-11-22(21)25(27-24)19-9-6-14-26-16-19/h2-10,12-16,21-22,25,27H,11,17H2,1H3. The second kappa shape index (κ2) is 7.94. The molecule has 0 spiro atoms. The largest absolute Gasteiger partial charge is 0.378 e. The smallest absolute Gasteiger partial charge is 0.243 e. The summed E-state index contributed by atoms with van der Waals surface area (Å²) in [5.41, 5.74) is 4.16. The summed E-state index contributed by atoms with van der Waals surface area (Å²) in [4.78, 5) is 4.62. The Morgan fingerprint density at radius 2 is 1.94 bits per heavy atom. The first-order chi connectivity index (χ1) is 15.0. The maximum absolute atomic E-state index is 13.3. The van der Waals surface area contributed by atoms with Gasteiger partial charge in [-0.05, 0) is 53.3 Å². The van der Waals surface area contributed by atoms with Gasteiger partial charge in [-0.25, -0.2) is 8.42 Å². The molecule has 1 aliphatic heterocycles. The van der Waals surface area contributed by atoms with Gasteiger partial charge in [0.1, 0.15) is 0 Å². The van der Waals surface area contributed by atoms with Crippen LogP contribution in [-0.2, 0) is 16.6 Å². The minimum absolute atomic E-state index is 0.157. The van der Waals surface area contributed by atoms with Crippen LogP contribution in [0.1, 0.15) is 35.1 Å². The molecule has 0 fully saturated rings. The third-order valence-electron chi connectivity index (χ3n) is 6.33. The van der Waals surface area contributed by atoms with Crippen LogP contribution in [0, 0.1) is 5.92 Å². The normalized spacial score (nSPS) is 22.1. The zero-order valence-corrected chi connectivity index (χ0v) is 18.2. The highest BCUT2D eigenvalue weighted by molar-refractivity contribution is 7.89. The van der Waals surface area contributed by atoms with Crippen LogP contribution in [-0.4, -0.2) is 24.8 Å². The monoisotopic (exact) mass is 431 g/mol. The van der Waals surface area contributed by atoms with Crippen molar-refractivity contribution in [3.05, 3.63) is 102 Å². The van der Waals surface area contributed by atoms with Crippen molar-refractivity contribution in [1.82, 2.24) is 9.29 Å². The number of anilines is 1. The van der Waals surface area contributed by atoms with Crippen molar-refractivity contribution >= 4 is 15.7 Å². The highest BCUT2D eigenvalue weighted by Crippen LogP contribution is 2.50. The van der Waals surface area contributed by atoms with Crippen molar-refractivity contribution in [1.29, 1.82) is 0 Å². The molecule has 1 aromatic heterocycles. The van der Waals surface area contributed by atoms with Crippen molar-refractivity contribution in [3.63, 3.8) is 0 Å². The molecule has 158 valence electrons. The SMILES string of the molecule is CN(Cc1ccccc1)S(=O)(=O)c1ccc2c(c1)C1C=CCC1C(c1cccnc1)N2. The highest BCUT2D eigenvalue weighted by atomic mass is 32.2. The fourth-order valence-electron chi connectivity index (χ4n) is 4.73. The maximum Gasteiger partial charge on any atom is 0.243 e. The van der Waals surface area contributed by atoms with Gasteiger partial charge >= 0.3 is 0 Å². The molecule has 1 N–H and O–H groups in total. The van der Waals surface area contributed by atoms with E-state index in [9.17, 15) is 8.42 Å². The van der Waals surface area contributed by atoms with Crippen LogP contribution in [0.3, 0.4) is 0 Å². The second-order valence-corrected chi connectivity index (χ2v) is 10.3. The summed E-state index contributed by atoms with van der Waals surface area (Å²) in [6, 6.07) is 19.3. The second-order valence-electron chi connectivity index (χ2n) is 8.26. The van der Waals surface area contributed by atoms with E-state index in [-0.39, 0.29) is 12.0 Å². The predicted molar refractivity (Wildman–Crippen MR) is 122 cm³/mol. The lowest BCUT2D eigenvalue weighted by molar-refractivity contribution is 0.424. The Labute approximate surface area is 183 Å². The number of sulfonamides is 1. The fraction of sp³-hybridized carbons (Fsp3) is 0.240. The van der Waals surface area contributed by atoms with E-state index in [0.717, 1.165) is 28.8 Å². The fourth-order valence-corrected chi connectivity index (χ4v) is 5.92. The summed E-state index contributed by atoms with van der Waals surface area (Å²) in [6.45, 7) is 0.341. The van der Waals surface area contributed by atoms with Crippen LogP contribution in [0.25, 0.3) is 0 Å². The van der Waals surface area contributed by atoms with Gasteiger partial charge in [-0.15, -0.1) is 0 Å². The summed E-state index contributed by atoms with van der Waals surface area (Å²) in [5.74, 6) is 0.535. The molecule has 5 rings (SSSR count). The summed E-state index contributed by atoms with van der Waals surface area (Å²) < 4.78 is 28.0. The van der Waals surface area contributed by atoms with Gasteiger partial charge in [0.2, 0.25) is 10.0 Å². The molecular weight excluding hydrogens is 406 g/mol. The Kier molecular flexibility index (Phi) is 5.12. The molecule has 0 amide bonds. The third-order valence-corrected chi connectivity index (χ3v) is 8.13. The van der Waals surface area contributed by atoms with Crippen LogP contribution in [0.4, 0.5) is 5.69 Å². The minimum Gasteiger partial charge on any atom is -0.378 e. The first-order valence-corrected chi connectivity index (χ1v) is 12.0. The van der Waals surface area contributed by atoms with E-state index >= 15 is 0 Å². The van der Waals surface area contributed by atoms with Gasteiger partial charge in [0.15, 0.2) is 0 Å². The first-order valence-electron chi connectivity index (χ1n) is 10.5. The number of aromatic nitrogens is 1. The number of benzene rings is 2. The first kappa shape index (κ1) is 20.0. The number of fused-ring (bicyclic) bond motifs is 3. The van der Waals surface area contributed by atoms with Crippen molar-refractivity contribution in [3.8, 4) is 0 Å². The van der Waals surface area contributed by atoms with Crippen LogP contribution >= 0.6 is 0 Å². The molecule has 3 atom stereocenters. The van der Waals surface area contributed by atoms with Gasteiger partial charge in [-0.3, -0.25) is 4.98 Å². The highest BCUT2D eigenvalue weighted by Gasteiger charge is 2.38. The van der Waals surface area contributed by atoms with E-state index in [0.29, 0.717) is 17.4 Å². The van der Waals surface area contributed by atoms with Crippen molar-refractivity contribution in [2.24, 2.45) is 5.92 Å². The minimum atomic E-state index is -3.59. The van der Waals surface area contributed by atoms with Gasteiger partial charge in [-0.1, -0.05) is 48.6 Å². The Morgan fingerprint density at radius 1 is 1.10 bits per heavy atom. The zero-order valence-electron chi connectivity index (χ0n) is 17.3. The lowest BCUT2D eigenvalue weighted by atomic mass is 9.77. The molecule has 2 aromatic carbocycles. The molecule has 0 saturated carbocycles.